The molecule has 1 aromatic carbocycles. The lowest BCUT2D eigenvalue weighted by Gasteiger charge is -2.31. The number of nitrogens with one attached hydrogen (secondary N) is 11. The van der Waals surface area contributed by atoms with E-state index < -0.39 is 163 Å². The maximum atomic E-state index is 14.5. The minimum atomic E-state index is -1.77. The monoisotopic (exact) mass is 1540 g/mol. The average molecular weight is 1540 g/mol. The zero-order valence-electron chi connectivity index (χ0n) is 62.9. The molecule has 38 heteroatoms. The lowest BCUT2D eigenvalue weighted by Crippen LogP contribution is -2.61. The van der Waals surface area contributed by atoms with Gasteiger partial charge in [0.05, 0.1) is 19.5 Å². The molecule has 0 aliphatic carbocycles. The van der Waals surface area contributed by atoms with Crippen LogP contribution in [0.25, 0.3) is 6.08 Å². The van der Waals surface area contributed by atoms with Crippen LogP contribution in [-0.4, -0.2) is 254 Å². The summed E-state index contributed by atoms with van der Waals surface area (Å²) in [4.78, 5) is 213. The Morgan fingerprint density at radius 3 is 1.62 bits per heavy atom. The van der Waals surface area contributed by atoms with Crippen LogP contribution in [0.1, 0.15) is 160 Å². The van der Waals surface area contributed by atoms with Gasteiger partial charge in [0.1, 0.15) is 72.5 Å². The van der Waals surface area contributed by atoms with E-state index >= 15 is 0 Å². The summed E-state index contributed by atoms with van der Waals surface area (Å²) in [5, 5.41) is 47.1. The first-order valence-corrected chi connectivity index (χ1v) is 37.9. The van der Waals surface area contributed by atoms with Crippen LogP contribution >= 0.6 is 0 Å². The fraction of sp³-hybridized carbons (Fsp3) is 0.625. The number of carbonyl (C=O) groups is 14. The number of carbonyl (C=O) groups excluding carboxylic acids is 13. The number of hydrogen-bond donors (Lipinski definition) is 18. The molecule has 0 spiro atoms. The van der Waals surface area contributed by atoms with Crippen molar-refractivity contribution in [2.75, 3.05) is 52.4 Å². The molecule has 110 heavy (non-hydrogen) atoms. The van der Waals surface area contributed by atoms with Crippen LogP contribution in [0.3, 0.4) is 0 Å². The SMILES string of the molecule is CCCC[C@H](NC(=O)[C@@H]1CCCN1C(=O)CNC(=O)[C@H](CCCCN)NC(=O)[C@H](Cc1cnc[nH]1)NC(=O)[C@H](CO)NC(=O)[C@H](CC(C)C)NC(=O)[C@H](CCCN=C(N)N)NC(=O)[C@@H]1CCCN1C(=O)[C@H](CCCN=C(N)N)NC(=O)[C@@H]1CCC(=O)N1)C(=O)N1CCC[C@H]1C(=O)N[C@@H](C/C=C/c1ccccc1)C(=O)O. The van der Waals surface area contributed by atoms with Crippen molar-refractivity contribution in [2.24, 2.45) is 44.6 Å². The third-order valence-electron chi connectivity index (χ3n) is 19.3. The number of benzene rings is 1. The van der Waals surface area contributed by atoms with Crippen molar-refractivity contribution >= 4 is 101 Å². The van der Waals surface area contributed by atoms with Gasteiger partial charge in [0.25, 0.3) is 0 Å². The summed E-state index contributed by atoms with van der Waals surface area (Å²) in [5.41, 5.74) is 29.2. The molecule has 5 heterocycles. The Hall–Kier alpha value is -10.8. The molecule has 0 radical (unpaired) electrons. The first-order valence-electron chi connectivity index (χ1n) is 37.9. The number of imidazole rings is 1. The molecule has 0 bridgehead atoms. The number of unbranched alkanes of at least 4 members (excludes halogenated alkanes) is 2. The first-order chi connectivity index (χ1) is 52.6. The van der Waals surface area contributed by atoms with Gasteiger partial charge in [-0.2, -0.15) is 0 Å². The van der Waals surface area contributed by atoms with Crippen molar-refractivity contribution in [1.29, 1.82) is 0 Å². The lowest BCUT2D eigenvalue weighted by atomic mass is 10.0. The molecule has 1 aromatic heterocycles. The third kappa shape index (κ3) is 28.0. The number of aliphatic hydroxyl groups is 1. The maximum absolute atomic E-state index is 14.5. The minimum Gasteiger partial charge on any atom is -0.480 e. The number of nitrogens with two attached hydrogens (primary N) is 5. The number of aromatic amines is 1. The summed E-state index contributed by atoms with van der Waals surface area (Å²) in [6, 6.07) is -5.87. The van der Waals surface area contributed by atoms with E-state index in [2.05, 4.69) is 73.1 Å². The van der Waals surface area contributed by atoms with E-state index in [1.54, 1.807) is 26.0 Å². The minimum absolute atomic E-state index is 0.00573. The summed E-state index contributed by atoms with van der Waals surface area (Å²) < 4.78 is 0. The Labute approximate surface area is 638 Å². The normalized spacial score (nSPS) is 18.9. The second-order valence-electron chi connectivity index (χ2n) is 28.3. The van der Waals surface area contributed by atoms with E-state index in [9.17, 15) is 77.3 Å². The largest absolute Gasteiger partial charge is 0.480 e. The summed E-state index contributed by atoms with van der Waals surface area (Å²) in [5.74, 6) is -11.3. The van der Waals surface area contributed by atoms with Crippen molar-refractivity contribution in [3.8, 4) is 0 Å². The van der Waals surface area contributed by atoms with Gasteiger partial charge < -0.3 is 112 Å². The number of rotatable bonds is 45. The molecule has 2 aromatic rings. The smallest absolute Gasteiger partial charge is 0.326 e. The predicted octanol–water partition coefficient (Wildman–Crippen LogP) is -4.15. The molecule has 12 atom stereocenters. The van der Waals surface area contributed by atoms with Crippen LogP contribution in [0.5, 0.6) is 0 Å². The van der Waals surface area contributed by atoms with Gasteiger partial charge in [-0.1, -0.05) is 76.1 Å². The highest BCUT2D eigenvalue weighted by Crippen LogP contribution is 2.25. The summed E-state index contributed by atoms with van der Waals surface area (Å²) in [6.45, 7) is 4.49. The number of amides is 13. The molecule has 6 rings (SSSR count). The number of carboxylic acids is 1. The van der Waals surface area contributed by atoms with E-state index in [0.29, 0.717) is 50.6 Å². The average Bonchev–Trinajstić information content (AvgIpc) is 1.65. The van der Waals surface area contributed by atoms with Gasteiger partial charge in [-0.3, -0.25) is 72.3 Å². The number of aliphatic hydroxyl groups excluding tert-OH is 1. The molecule has 4 fully saturated rings. The topological polar surface area (TPSA) is 593 Å². The van der Waals surface area contributed by atoms with Crippen LogP contribution in [0.15, 0.2) is 58.9 Å². The van der Waals surface area contributed by atoms with Crippen LogP contribution in [-0.2, 0) is 73.5 Å². The van der Waals surface area contributed by atoms with Crippen molar-refractivity contribution in [3.63, 3.8) is 0 Å². The van der Waals surface area contributed by atoms with Crippen molar-refractivity contribution in [2.45, 2.75) is 228 Å². The van der Waals surface area contributed by atoms with Gasteiger partial charge in [-0.05, 0) is 127 Å². The van der Waals surface area contributed by atoms with Crippen molar-refractivity contribution in [1.82, 2.24) is 77.8 Å². The summed E-state index contributed by atoms with van der Waals surface area (Å²) in [7, 11) is 0. The number of hydrogen-bond acceptors (Lipinski definition) is 19. The Kier molecular flexibility index (Phi) is 36.2. The number of aromatic nitrogens is 2. The maximum Gasteiger partial charge on any atom is 0.326 e. The number of H-pyrrole nitrogens is 1. The van der Waals surface area contributed by atoms with Gasteiger partial charge in [-0.25, -0.2) is 9.78 Å². The predicted molar refractivity (Wildman–Crippen MR) is 403 cm³/mol. The van der Waals surface area contributed by atoms with Crippen molar-refractivity contribution in [3.05, 3.63) is 60.2 Å². The molecular formula is C72H112N22O16. The Morgan fingerprint density at radius 1 is 0.591 bits per heavy atom. The van der Waals surface area contributed by atoms with Crippen LogP contribution in [0, 0.1) is 5.92 Å². The number of nitrogens with zero attached hydrogens (tertiary/aromatic N) is 6. The van der Waals surface area contributed by atoms with Crippen LogP contribution < -0.4 is 81.8 Å². The number of aliphatic imine (C=N–C) groups is 2. The Bertz CT molecular complexity index is 3550. The number of aliphatic carboxylic acids is 1. The number of carboxylic acid groups (broad SMARTS) is 1. The van der Waals surface area contributed by atoms with Gasteiger partial charge in [0.15, 0.2) is 11.9 Å². The fourth-order valence-corrected chi connectivity index (χ4v) is 13.5. The van der Waals surface area contributed by atoms with E-state index in [0.717, 1.165) is 5.56 Å². The summed E-state index contributed by atoms with van der Waals surface area (Å²) in [6.07, 6.45) is 10.3. The molecule has 0 unspecified atom stereocenters. The second kappa shape index (κ2) is 45.3. The van der Waals surface area contributed by atoms with E-state index in [1.165, 1.54) is 27.2 Å². The first kappa shape index (κ1) is 88.1. The molecule has 606 valence electrons. The lowest BCUT2D eigenvalue weighted by molar-refractivity contribution is -0.145. The quantitative estimate of drug-likeness (QED) is 0.0170. The molecule has 4 saturated heterocycles. The van der Waals surface area contributed by atoms with Crippen molar-refractivity contribution < 1.29 is 77.3 Å². The third-order valence-corrected chi connectivity index (χ3v) is 19.3. The Balaban J connectivity index is 1.10. The number of likely N-dealkylation sites (tertiary alicyclic amines) is 3. The van der Waals surface area contributed by atoms with Gasteiger partial charge in [0, 0.05) is 57.5 Å². The molecule has 4 aliphatic rings. The van der Waals surface area contributed by atoms with E-state index in [-0.39, 0.29) is 153 Å². The van der Waals surface area contributed by atoms with Gasteiger partial charge >= 0.3 is 5.97 Å². The molecule has 13 amide bonds. The van der Waals surface area contributed by atoms with Crippen LogP contribution in [0.2, 0.25) is 0 Å². The molecule has 23 N–H and O–H groups in total. The van der Waals surface area contributed by atoms with E-state index in [1.807, 2.05) is 37.3 Å². The highest BCUT2D eigenvalue weighted by molar-refractivity contribution is 6.00. The highest BCUT2D eigenvalue weighted by atomic mass is 16.4. The van der Waals surface area contributed by atoms with Crippen LogP contribution in [0.4, 0.5) is 0 Å². The standard InChI is InChI=1S/C72H112N22O16/c1-4-5-20-48(68(107)94-35-16-27-56(94)67(106)88-50(70(109)110)22-11-19-43-17-7-6-8-18-43)87-65(104)54-25-14-33-92(54)58(97)39-81-59(98)45(21-9-10-30-73)84-63(102)52(37-44-38-78-41-82-44)90-64(103)53(40-95)91-62(101)51(36-42(2)3)89-60(99)46(23-12-31-79-71(74)75)85-66(105)55-26-15-34-93(55)69(108)49(24-13-32-80-72(76)77)86-61(100)47-28-29-57(96)83-47/h6-8,11,17-19,38,41-42,45-56,95H,4-5,9-10,12-16,20-37,39-40,73H2,1-3H3,(H,78,82)(H,81,98)(H,83,96)(H,84,102)(H,85,105)(H,86,100)(H,87,104)(H,88,106)(H,89,99)(H,90,103)(H,91,101)(H,109,110)(H4,74,75,79)(H4,76,77,80)/b19-11+/t45-,46-,47-,48-,49-,50-,51-,52-,53-,54-,55-,56-/m0/s1. The molecule has 38 nitrogen and oxygen atoms in total. The zero-order chi connectivity index (χ0) is 80.4. The van der Waals surface area contributed by atoms with Gasteiger partial charge in [-0.15, -0.1) is 0 Å². The Morgan fingerprint density at radius 2 is 1.08 bits per heavy atom. The number of guanidine groups is 2. The molecule has 4 aliphatic heterocycles. The highest BCUT2D eigenvalue weighted by Gasteiger charge is 2.44. The summed E-state index contributed by atoms with van der Waals surface area (Å²) >= 11 is 0. The van der Waals surface area contributed by atoms with E-state index in [4.69, 9.17) is 28.7 Å². The molecule has 0 saturated carbocycles. The zero-order valence-corrected chi connectivity index (χ0v) is 62.9. The van der Waals surface area contributed by atoms with Gasteiger partial charge in [0.2, 0.25) is 76.8 Å². The fourth-order valence-electron chi connectivity index (χ4n) is 13.5. The second-order valence-corrected chi connectivity index (χ2v) is 28.3. The molecular weight excluding hydrogens is 1430 g/mol.